The third-order valence-corrected chi connectivity index (χ3v) is 6.32. The highest BCUT2D eigenvalue weighted by atomic mass is 35.5. The standard InChI is InChI=1S/C20H23ClN2O3/c21-15-2-1-3-16(12-15)22-8-10-23(11-9-22)19(24)17-13-4-6-14(7-5-13)18(17)20(25)26/h1-4,6,12-14,17-18H,5,7-11H2,(H,25,26)/t13-,14-,17+,18+/m0/s1. The minimum absolute atomic E-state index is 0.000741. The van der Waals surface area contributed by atoms with E-state index in [4.69, 9.17) is 11.6 Å². The second-order valence-corrected chi connectivity index (χ2v) is 7.91. The monoisotopic (exact) mass is 374 g/mol. The molecule has 1 heterocycles. The molecule has 2 fully saturated rings. The predicted molar refractivity (Wildman–Crippen MR) is 100 cm³/mol. The first kappa shape index (κ1) is 17.4. The van der Waals surface area contributed by atoms with E-state index < -0.39 is 17.8 Å². The zero-order valence-electron chi connectivity index (χ0n) is 14.6. The number of anilines is 1. The van der Waals surface area contributed by atoms with Gasteiger partial charge in [-0.3, -0.25) is 9.59 Å². The highest BCUT2D eigenvalue weighted by Crippen LogP contribution is 2.45. The fourth-order valence-corrected chi connectivity index (χ4v) is 4.92. The molecule has 1 aromatic carbocycles. The average molecular weight is 375 g/mol. The van der Waals surface area contributed by atoms with E-state index in [1.54, 1.807) is 0 Å². The van der Waals surface area contributed by atoms with Gasteiger partial charge in [0.25, 0.3) is 0 Å². The maximum atomic E-state index is 13.1. The molecule has 6 heteroatoms. The summed E-state index contributed by atoms with van der Waals surface area (Å²) in [5, 5.41) is 10.4. The molecule has 0 spiro atoms. The summed E-state index contributed by atoms with van der Waals surface area (Å²) in [7, 11) is 0. The van der Waals surface area contributed by atoms with Crippen LogP contribution in [0.2, 0.25) is 5.02 Å². The van der Waals surface area contributed by atoms with E-state index in [0.717, 1.165) is 31.6 Å². The van der Waals surface area contributed by atoms with E-state index in [0.29, 0.717) is 18.1 Å². The lowest BCUT2D eigenvalue weighted by Crippen LogP contribution is -2.55. The number of carboxylic acids is 1. The van der Waals surface area contributed by atoms with Gasteiger partial charge in [-0.2, -0.15) is 0 Å². The highest BCUT2D eigenvalue weighted by Gasteiger charge is 2.49. The van der Waals surface area contributed by atoms with Crippen LogP contribution in [0.5, 0.6) is 0 Å². The quantitative estimate of drug-likeness (QED) is 0.826. The lowest BCUT2D eigenvalue weighted by molar-refractivity contribution is -0.156. The van der Waals surface area contributed by atoms with Crippen molar-refractivity contribution in [3.05, 3.63) is 41.4 Å². The summed E-state index contributed by atoms with van der Waals surface area (Å²) >= 11 is 6.07. The number of allylic oxidation sites excluding steroid dienone is 2. The Balaban J connectivity index is 1.45. The smallest absolute Gasteiger partial charge is 0.307 e. The number of piperazine rings is 1. The molecule has 5 rings (SSSR count). The molecule has 3 aliphatic carbocycles. The molecular weight excluding hydrogens is 352 g/mol. The molecule has 4 aliphatic rings. The van der Waals surface area contributed by atoms with Gasteiger partial charge in [0, 0.05) is 36.9 Å². The van der Waals surface area contributed by atoms with Gasteiger partial charge in [-0.05, 0) is 42.9 Å². The second kappa shape index (κ2) is 6.95. The number of hydrogen-bond donors (Lipinski definition) is 1. The molecule has 0 aromatic heterocycles. The van der Waals surface area contributed by atoms with Gasteiger partial charge in [-0.25, -0.2) is 0 Å². The summed E-state index contributed by atoms with van der Waals surface area (Å²) in [5.41, 5.74) is 1.06. The van der Waals surface area contributed by atoms with Gasteiger partial charge in [-0.1, -0.05) is 29.8 Å². The molecule has 5 nitrogen and oxygen atoms in total. The molecule has 1 saturated carbocycles. The van der Waals surface area contributed by atoms with Crippen molar-refractivity contribution in [3.8, 4) is 0 Å². The number of benzene rings is 1. The van der Waals surface area contributed by atoms with E-state index in [-0.39, 0.29) is 17.7 Å². The van der Waals surface area contributed by atoms with Crippen molar-refractivity contribution in [2.24, 2.45) is 23.7 Å². The average Bonchev–Trinajstić information content (AvgIpc) is 2.67. The van der Waals surface area contributed by atoms with Crippen LogP contribution in [0, 0.1) is 23.7 Å². The van der Waals surface area contributed by atoms with Crippen LogP contribution in [-0.2, 0) is 9.59 Å². The van der Waals surface area contributed by atoms with Crippen LogP contribution in [0.25, 0.3) is 0 Å². The molecule has 1 amide bonds. The topological polar surface area (TPSA) is 60.9 Å². The largest absolute Gasteiger partial charge is 0.481 e. The van der Waals surface area contributed by atoms with Crippen molar-refractivity contribution >= 4 is 29.2 Å². The van der Waals surface area contributed by atoms with Crippen LogP contribution in [0.1, 0.15) is 12.8 Å². The number of carbonyl (C=O) groups is 2. The van der Waals surface area contributed by atoms with Crippen LogP contribution in [0.15, 0.2) is 36.4 Å². The molecule has 138 valence electrons. The van der Waals surface area contributed by atoms with Crippen LogP contribution in [0.4, 0.5) is 5.69 Å². The van der Waals surface area contributed by atoms with E-state index in [9.17, 15) is 14.7 Å². The van der Waals surface area contributed by atoms with Gasteiger partial charge >= 0.3 is 5.97 Å². The lowest BCUT2D eigenvalue weighted by Gasteiger charge is -2.45. The molecule has 26 heavy (non-hydrogen) atoms. The Labute approximate surface area is 158 Å². The van der Waals surface area contributed by atoms with Crippen LogP contribution >= 0.6 is 11.6 Å². The van der Waals surface area contributed by atoms with Gasteiger partial charge in [-0.15, -0.1) is 0 Å². The molecule has 1 saturated heterocycles. The number of rotatable bonds is 3. The molecule has 1 aromatic rings. The summed E-state index contributed by atoms with van der Waals surface area (Å²) in [6.45, 7) is 2.71. The summed E-state index contributed by atoms with van der Waals surface area (Å²) in [5.74, 6) is -1.73. The molecule has 2 bridgehead atoms. The first-order valence-corrected chi connectivity index (χ1v) is 9.63. The summed E-state index contributed by atoms with van der Waals surface area (Å²) < 4.78 is 0. The van der Waals surface area contributed by atoms with Gasteiger partial charge in [0.2, 0.25) is 5.91 Å². The first-order chi connectivity index (χ1) is 12.5. The fourth-order valence-electron chi connectivity index (χ4n) is 4.74. The van der Waals surface area contributed by atoms with E-state index in [1.165, 1.54) is 0 Å². The van der Waals surface area contributed by atoms with Gasteiger partial charge < -0.3 is 14.9 Å². The number of carboxylic acid groups (broad SMARTS) is 1. The van der Waals surface area contributed by atoms with E-state index in [1.807, 2.05) is 35.2 Å². The number of aliphatic carboxylic acids is 1. The zero-order valence-corrected chi connectivity index (χ0v) is 15.3. The molecule has 0 radical (unpaired) electrons. The maximum Gasteiger partial charge on any atom is 0.307 e. The minimum Gasteiger partial charge on any atom is -0.481 e. The summed E-state index contributed by atoms with van der Waals surface area (Å²) in [4.78, 5) is 29.0. The molecule has 1 aliphatic heterocycles. The zero-order chi connectivity index (χ0) is 18.3. The number of halogens is 1. The normalized spacial score (nSPS) is 30.5. The Morgan fingerprint density at radius 3 is 2.23 bits per heavy atom. The number of fused-ring (bicyclic) bond motifs is 2. The molecular formula is C20H23ClN2O3. The lowest BCUT2D eigenvalue weighted by atomic mass is 9.62. The van der Waals surface area contributed by atoms with Crippen molar-refractivity contribution < 1.29 is 14.7 Å². The van der Waals surface area contributed by atoms with Crippen molar-refractivity contribution in [3.63, 3.8) is 0 Å². The van der Waals surface area contributed by atoms with Crippen LogP contribution < -0.4 is 4.90 Å². The number of hydrogen-bond acceptors (Lipinski definition) is 3. The van der Waals surface area contributed by atoms with Gasteiger partial charge in [0.15, 0.2) is 0 Å². The Hall–Kier alpha value is -2.01. The van der Waals surface area contributed by atoms with Crippen molar-refractivity contribution in [1.82, 2.24) is 4.90 Å². The second-order valence-electron chi connectivity index (χ2n) is 7.47. The van der Waals surface area contributed by atoms with Crippen molar-refractivity contribution in [2.45, 2.75) is 12.8 Å². The highest BCUT2D eigenvalue weighted by molar-refractivity contribution is 6.30. The number of carbonyl (C=O) groups excluding carboxylic acids is 1. The van der Waals surface area contributed by atoms with E-state index >= 15 is 0 Å². The SMILES string of the molecule is O=C(O)[C@H]1[C@H](C(=O)N2CCN(c3cccc(Cl)c3)CC2)[C@H]2C=C[C@H]1CC2. The number of amides is 1. The Kier molecular flexibility index (Phi) is 4.65. The van der Waals surface area contributed by atoms with Crippen molar-refractivity contribution in [2.75, 3.05) is 31.1 Å². The Morgan fingerprint density at radius 2 is 1.65 bits per heavy atom. The minimum atomic E-state index is -0.833. The molecule has 1 N–H and O–H groups in total. The fraction of sp³-hybridized carbons (Fsp3) is 0.500. The van der Waals surface area contributed by atoms with Gasteiger partial charge in [0.05, 0.1) is 11.8 Å². The Morgan fingerprint density at radius 1 is 1.00 bits per heavy atom. The predicted octanol–water partition coefficient (Wildman–Crippen LogP) is 2.90. The van der Waals surface area contributed by atoms with Crippen LogP contribution in [0.3, 0.4) is 0 Å². The van der Waals surface area contributed by atoms with E-state index in [2.05, 4.69) is 11.0 Å². The first-order valence-electron chi connectivity index (χ1n) is 9.25. The van der Waals surface area contributed by atoms with Gasteiger partial charge in [0.1, 0.15) is 0 Å². The molecule has 4 atom stereocenters. The van der Waals surface area contributed by atoms with Crippen LogP contribution in [-0.4, -0.2) is 48.1 Å². The van der Waals surface area contributed by atoms with Crippen molar-refractivity contribution in [1.29, 1.82) is 0 Å². The molecule has 0 unspecified atom stereocenters. The maximum absolute atomic E-state index is 13.1. The third kappa shape index (κ3) is 3.09. The summed E-state index contributed by atoms with van der Waals surface area (Å²) in [6, 6.07) is 7.74. The summed E-state index contributed by atoms with van der Waals surface area (Å²) in [6.07, 6.45) is 5.88. The third-order valence-electron chi connectivity index (χ3n) is 6.08. The number of nitrogens with zero attached hydrogens (tertiary/aromatic N) is 2. The Bertz CT molecular complexity index is 742.